The van der Waals surface area contributed by atoms with Crippen LogP contribution in [0.4, 0.5) is 0 Å². The fourth-order valence-electron chi connectivity index (χ4n) is 1.19. The largest absolute Gasteiger partial charge is 0.495 e. The number of carbonyl (C=O) groups excluding carboxylic acids is 2. The Kier molecular flexibility index (Phi) is 4.31. The predicted octanol–water partition coefficient (Wildman–Crippen LogP) is 2.34. The van der Waals surface area contributed by atoms with Crippen LogP contribution in [-0.2, 0) is 4.74 Å². The molecule has 0 aliphatic heterocycles. The van der Waals surface area contributed by atoms with E-state index in [-0.39, 0.29) is 22.9 Å². The zero-order valence-electron chi connectivity index (χ0n) is 8.95. The van der Waals surface area contributed by atoms with Gasteiger partial charge >= 0.3 is 5.97 Å². The normalized spacial score (nSPS) is 9.69. The highest BCUT2D eigenvalue weighted by molar-refractivity contribution is 6.35. The van der Waals surface area contributed by atoms with Gasteiger partial charge in [-0.25, -0.2) is 4.79 Å². The zero-order chi connectivity index (χ0) is 12.1. The molecule has 16 heavy (non-hydrogen) atoms. The van der Waals surface area contributed by atoms with Crippen LogP contribution in [0.2, 0.25) is 5.02 Å². The maximum Gasteiger partial charge on any atom is 0.339 e. The summed E-state index contributed by atoms with van der Waals surface area (Å²) in [6.07, 6.45) is 0.613. The lowest BCUT2D eigenvalue weighted by Crippen LogP contribution is -2.07. The summed E-state index contributed by atoms with van der Waals surface area (Å²) in [5, 5.41) is 0.145. The minimum absolute atomic E-state index is 0.130. The molecule has 0 amide bonds. The van der Waals surface area contributed by atoms with E-state index in [1.54, 1.807) is 6.92 Å². The van der Waals surface area contributed by atoms with Crippen LogP contribution in [0.25, 0.3) is 0 Å². The third-order valence-electron chi connectivity index (χ3n) is 1.91. The maximum atomic E-state index is 11.5. The highest BCUT2D eigenvalue weighted by atomic mass is 35.5. The van der Waals surface area contributed by atoms with Gasteiger partial charge in [0.25, 0.3) is 0 Å². The monoisotopic (exact) mass is 242 g/mol. The molecule has 0 atom stereocenters. The van der Waals surface area contributed by atoms with Gasteiger partial charge in [0.1, 0.15) is 12.0 Å². The first-order chi connectivity index (χ1) is 7.63. The van der Waals surface area contributed by atoms with Crippen molar-refractivity contribution in [2.45, 2.75) is 6.92 Å². The smallest absolute Gasteiger partial charge is 0.339 e. The molecule has 0 saturated heterocycles. The second-order valence-corrected chi connectivity index (χ2v) is 3.30. The number of hydrogen-bond acceptors (Lipinski definition) is 4. The van der Waals surface area contributed by atoms with Gasteiger partial charge < -0.3 is 9.47 Å². The lowest BCUT2D eigenvalue weighted by molar-refractivity contribution is 0.0526. The van der Waals surface area contributed by atoms with Crippen LogP contribution in [0.15, 0.2) is 12.1 Å². The van der Waals surface area contributed by atoms with E-state index in [1.165, 1.54) is 19.2 Å². The second kappa shape index (κ2) is 5.51. The molecule has 0 unspecified atom stereocenters. The molecule has 5 heteroatoms. The number of hydrogen-bond donors (Lipinski definition) is 0. The molecule has 0 aliphatic rings. The van der Waals surface area contributed by atoms with Crippen LogP contribution in [0.5, 0.6) is 5.75 Å². The van der Waals surface area contributed by atoms with Crippen molar-refractivity contribution < 1.29 is 19.1 Å². The number of benzene rings is 1. The van der Waals surface area contributed by atoms with Crippen LogP contribution < -0.4 is 4.74 Å². The Morgan fingerprint density at radius 2 is 2.19 bits per heavy atom. The molecular weight excluding hydrogens is 232 g/mol. The Balaban J connectivity index is 3.25. The summed E-state index contributed by atoms with van der Waals surface area (Å²) < 4.78 is 9.77. The van der Waals surface area contributed by atoms with Crippen molar-refractivity contribution >= 4 is 23.9 Å². The lowest BCUT2D eigenvalue weighted by Gasteiger charge is -2.09. The Morgan fingerprint density at radius 1 is 1.50 bits per heavy atom. The van der Waals surface area contributed by atoms with Crippen molar-refractivity contribution in [2.24, 2.45) is 0 Å². The number of ether oxygens (including phenoxy) is 2. The maximum absolute atomic E-state index is 11.5. The molecule has 1 aromatic carbocycles. The fraction of sp³-hybridized carbons (Fsp3) is 0.273. The first-order valence-electron chi connectivity index (χ1n) is 4.63. The molecule has 86 valence electrons. The summed E-state index contributed by atoms with van der Waals surface area (Å²) in [4.78, 5) is 22.2. The van der Waals surface area contributed by atoms with E-state index < -0.39 is 5.97 Å². The van der Waals surface area contributed by atoms with Crippen LogP contribution in [0, 0.1) is 0 Å². The van der Waals surface area contributed by atoms with Gasteiger partial charge in [0.2, 0.25) is 0 Å². The molecule has 0 radical (unpaired) electrons. The Morgan fingerprint density at radius 3 is 2.69 bits per heavy atom. The second-order valence-electron chi connectivity index (χ2n) is 2.92. The highest BCUT2D eigenvalue weighted by Crippen LogP contribution is 2.29. The van der Waals surface area contributed by atoms with Crippen molar-refractivity contribution in [1.29, 1.82) is 0 Å². The molecule has 0 saturated carbocycles. The Labute approximate surface area is 98.1 Å². The lowest BCUT2D eigenvalue weighted by atomic mass is 10.1. The molecule has 0 aliphatic carbocycles. The third-order valence-corrected chi connectivity index (χ3v) is 2.30. The molecule has 1 rings (SSSR count). The van der Waals surface area contributed by atoms with E-state index in [2.05, 4.69) is 0 Å². The Bertz CT molecular complexity index is 415. The first kappa shape index (κ1) is 12.5. The van der Waals surface area contributed by atoms with Crippen molar-refractivity contribution in [3.8, 4) is 5.75 Å². The van der Waals surface area contributed by atoms with Crippen LogP contribution in [0.3, 0.4) is 0 Å². The van der Waals surface area contributed by atoms with E-state index in [0.717, 1.165) is 0 Å². The van der Waals surface area contributed by atoms with Crippen LogP contribution >= 0.6 is 11.6 Å². The number of methoxy groups -OCH3 is 1. The standard InChI is InChI=1S/C11H11ClO4/c1-3-16-11(14)8-4-7(6-13)5-9(15-2)10(8)12/h4-6H,3H2,1-2H3. The van der Waals surface area contributed by atoms with Gasteiger partial charge in [0.15, 0.2) is 0 Å². The molecular formula is C11H11ClO4. The SMILES string of the molecule is CCOC(=O)c1cc(C=O)cc(OC)c1Cl. The molecule has 0 bridgehead atoms. The minimum atomic E-state index is -0.575. The first-order valence-corrected chi connectivity index (χ1v) is 5.01. The van der Waals surface area contributed by atoms with Gasteiger partial charge in [-0.1, -0.05) is 11.6 Å². The van der Waals surface area contributed by atoms with Crippen molar-refractivity contribution in [2.75, 3.05) is 13.7 Å². The number of aldehydes is 1. The molecule has 0 heterocycles. The number of carbonyl (C=O) groups is 2. The van der Waals surface area contributed by atoms with E-state index in [9.17, 15) is 9.59 Å². The topological polar surface area (TPSA) is 52.6 Å². The average molecular weight is 243 g/mol. The summed E-state index contributed by atoms with van der Waals surface area (Å²) in [5.74, 6) is -0.302. The summed E-state index contributed by atoms with van der Waals surface area (Å²) in [5.41, 5.74) is 0.439. The summed E-state index contributed by atoms with van der Waals surface area (Å²) in [6.45, 7) is 1.93. The summed E-state index contributed by atoms with van der Waals surface area (Å²) in [6, 6.07) is 2.83. The number of rotatable bonds is 4. The minimum Gasteiger partial charge on any atom is -0.495 e. The highest BCUT2D eigenvalue weighted by Gasteiger charge is 2.16. The molecule has 0 aromatic heterocycles. The van der Waals surface area contributed by atoms with Gasteiger partial charge in [-0.05, 0) is 19.1 Å². The number of halogens is 1. The molecule has 4 nitrogen and oxygen atoms in total. The van der Waals surface area contributed by atoms with Gasteiger partial charge in [0.05, 0.1) is 24.3 Å². The van der Waals surface area contributed by atoms with E-state index >= 15 is 0 Å². The summed E-state index contributed by atoms with van der Waals surface area (Å²) in [7, 11) is 1.41. The summed E-state index contributed by atoms with van der Waals surface area (Å²) >= 11 is 5.93. The van der Waals surface area contributed by atoms with Gasteiger partial charge in [-0.2, -0.15) is 0 Å². The molecule has 0 fully saturated rings. The molecule has 0 spiro atoms. The quantitative estimate of drug-likeness (QED) is 0.601. The number of esters is 1. The third kappa shape index (κ3) is 2.52. The van der Waals surface area contributed by atoms with Crippen LogP contribution in [0.1, 0.15) is 27.6 Å². The Hall–Kier alpha value is -1.55. The molecule has 1 aromatic rings. The molecule has 0 N–H and O–H groups in total. The van der Waals surface area contributed by atoms with Crippen molar-refractivity contribution in [1.82, 2.24) is 0 Å². The van der Waals surface area contributed by atoms with Crippen LogP contribution in [-0.4, -0.2) is 26.0 Å². The van der Waals surface area contributed by atoms with Gasteiger partial charge in [-0.3, -0.25) is 4.79 Å². The zero-order valence-corrected chi connectivity index (χ0v) is 9.71. The van der Waals surface area contributed by atoms with Crippen molar-refractivity contribution in [3.05, 3.63) is 28.3 Å². The predicted molar refractivity (Wildman–Crippen MR) is 59.3 cm³/mol. The fourth-order valence-corrected chi connectivity index (χ4v) is 1.46. The van der Waals surface area contributed by atoms with E-state index in [4.69, 9.17) is 21.1 Å². The van der Waals surface area contributed by atoms with E-state index in [0.29, 0.717) is 11.8 Å². The average Bonchev–Trinajstić information content (AvgIpc) is 2.29. The van der Waals surface area contributed by atoms with E-state index in [1.807, 2.05) is 0 Å². The van der Waals surface area contributed by atoms with Gasteiger partial charge in [-0.15, -0.1) is 0 Å². The van der Waals surface area contributed by atoms with Crippen molar-refractivity contribution in [3.63, 3.8) is 0 Å². The van der Waals surface area contributed by atoms with Gasteiger partial charge in [0, 0.05) is 5.56 Å².